The molecule has 0 bridgehead atoms. The first-order valence-electron chi connectivity index (χ1n) is 4.09. The molecule has 4 amide bonds. The van der Waals surface area contributed by atoms with Crippen LogP contribution in [0.25, 0.3) is 0 Å². The number of carbonyl (C=O) groups is 2. The molecule has 1 aromatic heterocycles. The minimum Gasteiger partial charge on any atom is -0.444 e. The number of carbonyl (C=O) groups excluding carboxylic acids is 2. The molecular formula is C6H8N8O3. The second kappa shape index (κ2) is 6.04. The Morgan fingerprint density at radius 2 is 1.71 bits per heavy atom. The zero-order valence-corrected chi connectivity index (χ0v) is 8.32. The normalized spacial score (nSPS) is 10.9. The number of nitrogens with two attached hydrogens (primary N) is 2. The van der Waals surface area contributed by atoms with E-state index in [1.54, 1.807) is 10.9 Å². The third-order valence-corrected chi connectivity index (χ3v) is 1.35. The predicted octanol–water partition coefficient (Wildman–Crippen LogP) is 0.614. The van der Waals surface area contributed by atoms with Gasteiger partial charge in [-0.2, -0.15) is 0 Å². The minimum absolute atomic E-state index is 0.0992. The van der Waals surface area contributed by atoms with Crippen LogP contribution in [0.4, 0.5) is 21.2 Å². The second-order valence-electron chi connectivity index (χ2n) is 2.41. The molecule has 0 unspecified atom stereocenters. The van der Waals surface area contributed by atoms with Gasteiger partial charge in [-0.05, 0) is 0 Å². The molecular weight excluding hydrogens is 232 g/mol. The van der Waals surface area contributed by atoms with E-state index in [9.17, 15) is 9.59 Å². The molecule has 0 aliphatic rings. The van der Waals surface area contributed by atoms with E-state index in [0.29, 0.717) is 0 Å². The van der Waals surface area contributed by atoms with Crippen LogP contribution in [-0.4, -0.2) is 12.1 Å². The average molecular weight is 240 g/mol. The van der Waals surface area contributed by atoms with E-state index in [2.05, 4.69) is 20.5 Å². The molecule has 0 radical (unpaired) electrons. The lowest BCUT2D eigenvalue weighted by molar-refractivity contribution is 0.247. The largest absolute Gasteiger partial charge is 0.444 e. The summed E-state index contributed by atoms with van der Waals surface area (Å²) < 4.78 is 4.83. The molecule has 90 valence electrons. The fourth-order valence-corrected chi connectivity index (χ4v) is 0.693. The number of hydrazine groups is 2. The van der Waals surface area contributed by atoms with Gasteiger partial charge >= 0.3 is 12.1 Å². The molecule has 0 aliphatic heterocycles. The van der Waals surface area contributed by atoms with E-state index < -0.39 is 12.1 Å². The number of nitrogens with zero attached hydrogens (tertiary/aromatic N) is 4. The highest BCUT2D eigenvalue weighted by Gasteiger charge is 2.05. The number of rotatable bonds is 2. The number of urea groups is 2. The van der Waals surface area contributed by atoms with Crippen molar-refractivity contribution >= 4 is 23.6 Å². The predicted molar refractivity (Wildman–Crippen MR) is 53.2 cm³/mol. The second-order valence-corrected chi connectivity index (χ2v) is 2.41. The fraction of sp³-hybridized carbons (Fsp3) is 0. The number of hydrogen-bond acceptors (Lipinski definition) is 7. The Morgan fingerprint density at radius 3 is 2.29 bits per heavy atom. The van der Waals surface area contributed by atoms with E-state index >= 15 is 0 Å². The summed E-state index contributed by atoms with van der Waals surface area (Å²) >= 11 is 0. The molecule has 11 heteroatoms. The molecule has 1 heterocycles. The first kappa shape index (κ1) is 12.4. The van der Waals surface area contributed by atoms with Crippen LogP contribution in [0.15, 0.2) is 37.2 Å². The van der Waals surface area contributed by atoms with Crippen LogP contribution in [0.3, 0.4) is 0 Å². The van der Waals surface area contributed by atoms with Gasteiger partial charge < -0.3 is 4.42 Å². The van der Waals surface area contributed by atoms with Gasteiger partial charge in [-0.25, -0.2) is 21.3 Å². The number of amides is 4. The molecule has 0 aromatic carbocycles. The van der Waals surface area contributed by atoms with Crippen molar-refractivity contribution < 1.29 is 14.0 Å². The Kier molecular flexibility index (Phi) is 4.41. The molecule has 1 rings (SSSR count). The van der Waals surface area contributed by atoms with Crippen LogP contribution < -0.4 is 22.5 Å². The maximum atomic E-state index is 10.7. The van der Waals surface area contributed by atoms with Crippen molar-refractivity contribution in [2.24, 2.45) is 32.1 Å². The number of nitrogens with one attached hydrogen (secondary N) is 2. The summed E-state index contributed by atoms with van der Waals surface area (Å²) in [5, 5.41) is 13.1. The molecule has 17 heavy (non-hydrogen) atoms. The van der Waals surface area contributed by atoms with Gasteiger partial charge in [0.2, 0.25) is 0 Å². The minimum atomic E-state index is -0.871. The monoisotopic (exact) mass is 240 g/mol. The van der Waals surface area contributed by atoms with Gasteiger partial charge in [0.1, 0.15) is 0 Å². The Hall–Kier alpha value is -2.66. The summed E-state index contributed by atoms with van der Waals surface area (Å²) in [5.74, 6) is 9.44. The van der Waals surface area contributed by atoms with Crippen LogP contribution in [0.5, 0.6) is 0 Å². The zero-order valence-electron chi connectivity index (χ0n) is 8.32. The van der Waals surface area contributed by atoms with Gasteiger partial charge in [-0.3, -0.25) is 10.9 Å². The molecule has 0 fully saturated rings. The van der Waals surface area contributed by atoms with Crippen LogP contribution in [-0.2, 0) is 0 Å². The lowest BCUT2D eigenvalue weighted by Gasteiger charge is -1.89. The maximum Gasteiger partial charge on any atom is 0.373 e. The molecule has 0 atom stereocenters. The van der Waals surface area contributed by atoms with Crippen LogP contribution in [0.1, 0.15) is 0 Å². The summed E-state index contributed by atoms with van der Waals surface area (Å²) in [6.07, 6.45) is 1.23. The van der Waals surface area contributed by atoms with Gasteiger partial charge in [0.05, 0.1) is 6.26 Å². The Bertz CT molecular complexity index is 423. The molecule has 0 saturated heterocycles. The molecule has 0 saturated carbocycles. The molecule has 0 spiro atoms. The summed E-state index contributed by atoms with van der Waals surface area (Å²) in [6, 6.07) is -0.361. The molecule has 11 nitrogen and oxygen atoms in total. The van der Waals surface area contributed by atoms with Crippen molar-refractivity contribution in [1.29, 1.82) is 0 Å². The number of furan rings is 1. The van der Waals surface area contributed by atoms with E-state index in [-0.39, 0.29) is 11.6 Å². The van der Waals surface area contributed by atoms with E-state index in [0.717, 1.165) is 0 Å². The lowest BCUT2D eigenvalue weighted by Crippen LogP contribution is -2.26. The average Bonchev–Trinajstić information content (AvgIpc) is 2.80. The Morgan fingerprint density at radius 1 is 1.12 bits per heavy atom. The first-order chi connectivity index (χ1) is 8.17. The topological polar surface area (TPSA) is 173 Å². The smallest absolute Gasteiger partial charge is 0.373 e. The summed E-state index contributed by atoms with van der Waals surface area (Å²) in [6.45, 7) is 0. The quantitative estimate of drug-likeness (QED) is 0.256. The highest BCUT2D eigenvalue weighted by molar-refractivity contribution is 5.74. The van der Waals surface area contributed by atoms with E-state index in [1.165, 1.54) is 12.3 Å². The van der Waals surface area contributed by atoms with Crippen LogP contribution in [0.2, 0.25) is 0 Å². The van der Waals surface area contributed by atoms with Crippen molar-refractivity contribution in [3.05, 3.63) is 12.3 Å². The van der Waals surface area contributed by atoms with E-state index in [1.807, 2.05) is 0 Å². The number of hydrogen-bond donors (Lipinski definition) is 4. The Balaban J connectivity index is 2.79. The van der Waals surface area contributed by atoms with Crippen LogP contribution >= 0.6 is 0 Å². The Labute approximate surface area is 93.9 Å². The third kappa shape index (κ3) is 3.77. The van der Waals surface area contributed by atoms with Crippen molar-refractivity contribution in [3.63, 3.8) is 0 Å². The maximum absolute atomic E-state index is 10.7. The molecule has 1 aromatic rings. The molecule has 6 N–H and O–H groups in total. The lowest BCUT2D eigenvalue weighted by atomic mass is 10.5. The summed E-state index contributed by atoms with van der Waals surface area (Å²) in [4.78, 5) is 21.3. The van der Waals surface area contributed by atoms with Crippen molar-refractivity contribution in [3.8, 4) is 0 Å². The fourth-order valence-electron chi connectivity index (χ4n) is 0.693. The number of azo groups is 2. The van der Waals surface area contributed by atoms with Gasteiger partial charge in [0.25, 0.3) is 5.88 Å². The van der Waals surface area contributed by atoms with Crippen LogP contribution in [0, 0.1) is 0 Å². The van der Waals surface area contributed by atoms with Gasteiger partial charge in [0.15, 0.2) is 5.69 Å². The zero-order chi connectivity index (χ0) is 12.7. The highest BCUT2D eigenvalue weighted by Crippen LogP contribution is 2.29. The van der Waals surface area contributed by atoms with Crippen molar-refractivity contribution in [2.45, 2.75) is 0 Å². The standard InChI is InChI=1S/C6H8N8O3/c7-9-5(15)13-11-3-1-2-17-4(3)12-14-6(16)10-8/h1-2H,7-8H2,(H,9,15)(H,10,16). The SMILES string of the molecule is NNC(=O)N=Nc1ccoc1N=NC(=O)NN. The summed E-state index contributed by atoms with van der Waals surface area (Å²) in [5.41, 5.74) is 3.57. The third-order valence-electron chi connectivity index (χ3n) is 1.35. The van der Waals surface area contributed by atoms with Crippen molar-refractivity contribution in [2.75, 3.05) is 0 Å². The van der Waals surface area contributed by atoms with Gasteiger partial charge in [-0.1, -0.05) is 10.2 Å². The van der Waals surface area contributed by atoms with Gasteiger partial charge in [-0.15, -0.1) is 10.2 Å². The summed E-state index contributed by atoms with van der Waals surface area (Å²) in [7, 11) is 0. The first-order valence-corrected chi connectivity index (χ1v) is 4.09. The van der Waals surface area contributed by atoms with E-state index in [4.69, 9.17) is 16.1 Å². The van der Waals surface area contributed by atoms with Gasteiger partial charge in [0, 0.05) is 6.07 Å². The highest BCUT2D eigenvalue weighted by atomic mass is 16.3. The van der Waals surface area contributed by atoms with Crippen molar-refractivity contribution in [1.82, 2.24) is 10.9 Å². The molecule has 0 aliphatic carbocycles.